The van der Waals surface area contributed by atoms with Crippen LogP contribution in [0.5, 0.6) is 0 Å². The lowest BCUT2D eigenvalue weighted by atomic mass is 9.85. The standard InChI is InChI=1S/C32H15F42I/c33-13(34,15(37,38)17(41,42)19(45,46)21(49,50)23(53,54)25(57,58)27(61,62)29(65,66)31(69,70)71)7-1-3-10-5-6-12(75)11(9-10)4-2-8-14(35,36)16(39,40)18(43,44)20(47,48)22(51,52)24(55,56)26(59,60)28(63,64)30(67,68)32(72,73)74/h5-6,9H,1-4,7-8H2. The number of hydrogen-bond acceptors (Lipinski definition) is 0. The average molecular weight is 1320 g/mol. The summed E-state index contributed by atoms with van der Waals surface area (Å²) in [5.41, 5.74) is -1.68. The molecule has 0 bridgehead atoms. The fourth-order valence-electron chi connectivity index (χ4n) is 5.49. The van der Waals surface area contributed by atoms with Crippen LogP contribution in [0.2, 0.25) is 0 Å². The molecule has 0 heterocycles. The fraction of sp³-hybridized carbons (Fsp3) is 0.812. The molecule has 1 aromatic carbocycles. The highest BCUT2D eigenvalue weighted by Crippen LogP contribution is 2.69. The molecule has 75 heavy (non-hydrogen) atoms. The molecule has 1 rings (SSSR count). The summed E-state index contributed by atoms with van der Waals surface area (Å²) in [5.74, 6) is -160. The first kappa shape index (κ1) is 70.0. The van der Waals surface area contributed by atoms with Gasteiger partial charge in [0.05, 0.1) is 0 Å². The van der Waals surface area contributed by atoms with Crippen LogP contribution in [0.25, 0.3) is 0 Å². The van der Waals surface area contributed by atoms with Gasteiger partial charge >= 0.3 is 119 Å². The smallest absolute Gasteiger partial charge is 0.200 e. The molecular formula is C32H15F42I. The molecule has 0 atom stereocenters. The zero-order valence-electron chi connectivity index (χ0n) is 33.7. The van der Waals surface area contributed by atoms with Crippen molar-refractivity contribution in [3.63, 3.8) is 0 Å². The monoisotopic (exact) mass is 1320 g/mol. The number of alkyl halides is 42. The van der Waals surface area contributed by atoms with Crippen molar-refractivity contribution in [1.82, 2.24) is 0 Å². The minimum Gasteiger partial charge on any atom is -0.200 e. The van der Waals surface area contributed by atoms with E-state index in [0.717, 1.165) is 22.6 Å². The Hall–Kier alpha value is -2.99. The summed E-state index contributed by atoms with van der Waals surface area (Å²) in [6, 6.07) is 1.37. The molecule has 0 saturated heterocycles. The largest absolute Gasteiger partial charge is 0.460 e. The number of rotatable bonds is 24. The van der Waals surface area contributed by atoms with Crippen LogP contribution in [0.4, 0.5) is 184 Å². The molecule has 0 amide bonds. The lowest BCUT2D eigenvalue weighted by Crippen LogP contribution is -2.76. The quantitative estimate of drug-likeness (QED) is 0.0715. The SMILES string of the molecule is FC(F)(F)C(F)(F)C(F)(F)C(F)(F)C(F)(F)C(F)(F)C(F)(F)C(F)(F)C(F)(F)C(F)(F)CCCc1ccc(I)c(CCCC(F)(F)C(F)(F)C(F)(F)C(F)(F)C(F)(F)C(F)(F)C(F)(F)C(F)(F)C(F)(F)C(F)(F)F)c1. The Morgan fingerprint density at radius 1 is 0.253 bits per heavy atom. The third-order valence-corrected chi connectivity index (χ3v) is 11.2. The van der Waals surface area contributed by atoms with E-state index >= 15 is 0 Å². The molecule has 0 saturated carbocycles. The molecule has 0 radical (unpaired) electrons. The highest BCUT2D eigenvalue weighted by Gasteiger charge is 3.00. The molecule has 0 N–H and O–H groups in total. The van der Waals surface area contributed by atoms with E-state index in [1.165, 1.54) is 0 Å². The van der Waals surface area contributed by atoms with Crippen molar-refractivity contribution in [3.05, 3.63) is 32.9 Å². The van der Waals surface area contributed by atoms with Gasteiger partial charge in [0.15, 0.2) is 0 Å². The second-order valence-corrected chi connectivity index (χ2v) is 16.4. The minimum absolute atomic E-state index is 0.307. The molecule has 0 aliphatic rings. The van der Waals surface area contributed by atoms with Crippen molar-refractivity contribution in [2.24, 2.45) is 0 Å². The fourth-order valence-corrected chi connectivity index (χ4v) is 6.09. The Kier molecular flexibility index (Phi) is 17.8. The molecule has 0 aliphatic carbocycles. The van der Waals surface area contributed by atoms with Crippen molar-refractivity contribution >= 4 is 22.6 Å². The summed E-state index contributed by atoms with van der Waals surface area (Å²) in [6.07, 6.45) is -29.9. The highest BCUT2D eigenvalue weighted by atomic mass is 127. The average Bonchev–Trinajstić information content (AvgIpc) is 3.19. The van der Waals surface area contributed by atoms with Crippen molar-refractivity contribution in [2.75, 3.05) is 0 Å². The normalized spacial score (nSPS) is 16.5. The lowest BCUT2D eigenvalue weighted by Gasteiger charge is -2.44. The first-order valence-electron chi connectivity index (χ1n) is 17.8. The predicted molar refractivity (Wildman–Crippen MR) is 166 cm³/mol. The summed E-state index contributed by atoms with van der Waals surface area (Å²) < 4.78 is 572. The number of hydrogen-bond donors (Lipinski definition) is 0. The van der Waals surface area contributed by atoms with Crippen LogP contribution in [-0.4, -0.2) is 119 Å². The highest BCUT2D eigenvalue weighted by molar-refractivity contribution is 14.1. The maximum Gasteiger partial charge on any atom is 0.460 e. The molecule has 1 aromatic rings. The molecule has 0 spiro atoms. The van der Waals surface area contributed by atoms with Crippen molar-refractivity contribution in [2.45, 2.75) is 157 Å². The van der Waals surface area contributed by atoms with Crippen molar-refractivity contribution in [3.8, 4) is 0 Å². The maximum atomic E-state index is 14.4. The zero-order chi connectivity index (χ0) is 61.1. The van der Waals surface area contributed by atoms with Gasteiger partial charge in [-0.05, 0) is 65.5 Å². The summed E-state index contributed by atoms with van der Waals surface area (Å²) in [4.78, 5) is 0. The van der Waals surface area contributed by atoms with Crippen LogP contribution in [0.3, 0.4) is 0 Å². The second kappa shape index (κ2) is 19.1. The van der Waals surface area contributed by atoms with Crippen molar-refractivity contribution < 1.29 is 184 Å². The van der Waals surface area contributed by atoms with E-state index in [2.05, 4.69) is 0 Å². The maximum absolute atomic E-state index is 14.4. The van der Waals surface area contributed by atoms with Crippen LogP contribution < -0.4 is 0 Å². The van der Waals surface area contributed by atoms with Gasteiger partial charge in [-0.3, -0.25) is 0 Å². The lowest BCUT2D eigenvalue weighted by molar-refractivity contribution is -0.474. The van der Waals surface area contributed by atoms with Crippen LogP contribution >= 0.6 is 22.6 Å². The zero-order valence-corrected chi connectivity index (χ0v) is 35.9. The topological polar surface area (TPSA) is 0 Å². The van der Waals surface area contributed by atoms with E-state index in [-0.39, 0.29) is 0 Å². The summed E-state index contributed by atoms with van der Waals surface area (Å²) in [6.45, 7) is 0. The first-order valence-corrected chi connectivity index (χ1v) is 18.9. The Morgan fingerprint density at radius 2 is 0.453 bits per heavy atom. The Morgan fingerprint density at radius 3 is 0.680 bits per heavy atom. The summed E-state index contributed by atoms with van der Waals surface area (Å²) in [7, 11) is 0. The van der Waals surface area contributed by atoms with Gasteiger partial charge < -0.3 is 0 Å². The van der Waals surface area contributed by atoms with E-state index < -0.39 is 172 Å². The van der Waals surface area contributed by atoms with Gasteiger partial charge in [-0.15, -0.1) is 0 Å². The predicted octanol–water partition coefficient (Wildman–Crippen LogP) is 17.5. The third-order valence-electron chi connectivity index (χ3n) is 10.2. The molecule has 444 valence electrons. The van der Waals surface area contributed by atoms with Gasteiger partial charge in [-0.2, -0.15) is 184 Å². The molecule has 0 nitrogen and oxygen atoms in total. The number of benzene rings is 1. The summed E-state index contributed by atoms with van der Waals surface area (Å²) >= 11 is 1.02. The molecule has 0 aromatic heterocycles. The number of halogens is 43. The molecule has 0 fully saturated rings. The van der Waals surface area contributed by atoms with Gasteiger partial charge in [0.2, 0.25) is 0 Å². The van der Waals surface area contributed by atoms with Crippen LogP contribution in [-0.2, 0) is 12.8 Å². The van der Waals surface area contributed by atoms with E-state index in [0.29, 0.717) is 18.2 Å². The van der Waals surface area contributed by atoms with Crippen LogP contribution in [0.1, 0.15) is 36.8 Å². The van der Waals surface area contributed by atoms with Crippen molar-refractivity contribution in [1.29, 1.82) is 0 Å². The van der Waals surface area contributed by atoms with Gasteiger partial charge in [-0.1, -0.05) is 12.1 Å². The molecular weight excluding hydrogens is 1310 g/mol. The van der Waals surface area contributed by atoms with Crippen LogP contribution in [0.15, 0.2) is 18.2 Å². The second-order valence-electron chi connectivity index (χ2n) is 15.2. The minimum atomic E-state index is -9.47. The van der Waals surface area contributed by atoms with Gasteiger partial charge in [0.25, 0.3) is 0 Å². The van der Waals surface area contributed by atoms with E-state index in [1.807, 2.05) is 0 Å². The van der Waals surface area contributed by atoms with E-state index in [9.17, 15) is 184 Å². The number of aryl methyl sites for hydroxylation is 2. The van der Waals surface area contributed by atoms with Gasteiger partial charge in [-0.25, -0.2) is 0 Å². The van der Waals surface area contributed by atoms with Gasteiger partial charge in [0.1, 0.15) is 0 Å². The third kappa shape index (κ3) is 9.77. The Labute approximate surface area is 397 Å². The van der Waals surface area contributed by atoms with E-state index in [4.69, 9.17) is 0 Å². The van der Waals surface area contributed by atoms with E-state index in [1.54, 1.807) is 0 Å². The van der Waals surface area contributed by atoms with Gasteiger partial charge in [0, 0.05) is 16.4 Å². The summed E-state index contributed by atoms with van der Waals surface area (Å²) in [5, 5.41) is 0. The molecule has 0 aliphatic heterocycles. The Bertz CT molecular complexity index is 2150. The molecule has 43 heteroatoms. The first-order chi connectivity index (χ1) is 32.1. The molecule has 0 unspecified atom stereocenters. The van der Waals surface area contributed by atoms with Crippen LogP contribution in [0, 0.1) is 3.57 Å². The Balaban J connectivity index is 3.48.